The third-order valence-electron chi connectivity index (χ3n) is 1.98. The molecule has 0 saturated heterocycles. The van der Waals surface area contributed by atoms with Gasteiger partial charge in [-0.25, -0.2) is 0 Å². The van der Waals surface area contributed by atoms with Crippen LogP contribution in [0.15, 0.2) is 18.2 Å². The van der Waals surface area contributed by atoms with E-state index in [2.05, 4.69) is 0 Å². The van der Waals surface area contributed by atoms with E-state index in [0.717, 1.165) is 5.56 Å². The summed E-state index contributed by atoms with van der Waals surface area (Å²) in [6.07, 6.45) is 0.450. The first kappa shape index (κ1) is 11.5. The zero-order valence-corrected chi connectivity index (χ0v) is 9.27. The van der Waals surface area contributed by atoms with Crippen LogP contribution in [0.3, 0.4) is 0 Å². The third kappa shape index (κ3) is 2.98. The molecular formula is C10H11Cl2NO. The molecule has 0 spiro atoms. The van der Waals surface area contributed by atoms with Crippen molar-refractivity contribution >= 4 is 29.0 Å². The first-order valence-electron chi connectivity index (χ1n) is 4.20. The normalized spacial score (nSPS) is 12.6. The number of Topliss-reactive ketones (excluding diaryl/α,β-unsaturated/α-hetero) is 1. The van der Waals surface area contributed by atoms with Gasteiger partial charge >= 0.3 is 0 Å². The molecule has 0 radical (unpaired) electrons. The average molecular weight is 232 g/mol. The molecule has 4 heteroatoms. The zero-order valence-electron chi connectivity index (χ0n) is 7.76. The fraction of sp³-hybridized carbons (Fsp3) is 0.300. The maximum atomic E-state index is 10.9. The molecule has 1 atom stereocenters. The van der Waals surface area contributed by atoms with Crippen LogP contribution in [0.5, 0.6) is 0 Å². The van der Waals surface area contributed by atoms with Gasteiger partial charge in [-0.05, 0) is 31.0 Å². The van der Waals surface area contributed by atoms with E-state index in [-0.39, 0.29) is 5.78 Å². The summed E-state index contributed by atoms with van der Waals surface area (Å²) in [6.45, 7) is 1.47. The highest BCUT2D eigenvalue weighted by molar-refractivity contribution is 6.35. The second-order valence-electron chi connectivity index (χ2n) is 3.16. The Morgan fingerprint density at radius 3 is 2.64 bits per heavy atom. The number of carbonyl (C=O) groups excluding carboxylic acids is 1. The Labute approximate surface area is 93.0 Å². The number of halogens is 2. The van der Waals surface area contributed by atoms with Crippen LogP contribution in [-0.4, -0.2) is 11.8 Å². The molecule has 0 aromatic heterocycles. The van der Waals surface area contributed by atoms with E-state index < -0.39 is 6.04 Å². The second-order valence-corrected chi connectivity index (χ2v) is 4.00. The third-order valence-corrected chi connectivity index (χ3v) is 2.56. The van der Waals surface area contributed by atoms with E-state index in [0.29, 0.717) is 16.5 Å². The van der Waals surface area contributed by atoms with E-state index >= 15 is 0 Å². The van der Waals surface area contributed by atoms with Crippen LogP contribution in [0, 0.1) is 0 Å². The Morgan fingerprint density at radius 2 is 2.14 bits per heavy atom. The second kappa shape index (κ2) is 4.78. The Kier molecular flexibility index (Phi) is 3.93. The number of nitrogens with two attached hydrogens (primary N) is 1. The standard InChI is InChI=1S/C10H11Cl2NO/c1-6(14)10(13)4-7-2-3-8(11)5-9(7)12/h2-3,5,10H,4,13H2,1H3/t10-/m1/s1. The predicted octanol–water partition coefficient (Wildman–Crippen LogP) is 2.45. The lowest BCUT2D eigenvalue weighted by atomic mass is 10.0. The average Bonchev–Trinajstić information content (AvgIpc) is 2.09. The lowest BCUT2D eigenvalue weighted by Gasteiger charge is -2.09. The molecule has 0 saturated carbocycles. The van der Waals surface area contributed by atoms with Gasteiger partial charge in [0, 0.05) is 10.0 Å². The Bertz CT molecular complexity index is 352. The van der Waals surface area contributed by atoms with Crippen LogP contribution in [0.4, 0.5) is 0 Å². The monoisotopic (exact) mass is 231 g/mol. The quantitative estimate of drug-likeness (QED) is 0.869. The molecule has 1 rings (SSSR count). The highest BCUT2D eigenvalue weighted by atomic mass is 35.5. The van der Waals surface area contributed by atoms with Crippen molar-refractivity contribution in [2.75, 3.05) is 0 Å². The number of hydrogen-bond donors (Lipinski definition) is 1. The van der Waals surface area contributed by atoms with Gasteiger partial charge in [0.1, 0.15) is 5.78 Å². The Morgan fingerprint density at radius 1 is 1.50 bits per heavy atom. The lowest BCUT2D eigenvalue weighted by Crippen LogP contribution is -2.30. The van der Waals surface area contributed by atoms with Gasteiger partial charge in [-0.3, -0.25) is 4.79 Å². The lowest BCUT2D eigenvalue weighted by molar-refractivity contribution is -0.118. The number of ketones is 1. The predicted molar refractivity (Wildman–Crippen MR) is 58.8 cm³/mol. The molecule has 0 unspecified atom stereocenters. The van der Waals surface area contributed by atoms with Gasteiger partial charge in [0.05, 0.1) is 6.04 Å². The molecule has 2 N–H and O–H groups in total. The van der Waals surface area contributed by atoms with Gasteiger partial charge in [0.25, 0.3) is 0 Å². The van der Waals surface area contributed by atoms with Crippen molar-refractivity contribution in [1.29, 1.82) is 0 Å². The van der Waals surface area contributed by atoms with Gasteiger partial charge < -0.3 is 5.73 Å². The van der Waals surface area contributed by atoms with Crippen molar-refractivity contribution in [2.24, 2.45) is 5.73 Å². The van der Waals surface area contributed by atoms with Crippen molar-refractivity contribution in [3.8, 4) is 0 Å². The van der Waals surface area contributed by atoms with Crippen molar-refractivity contribution in [3.05, 3.63) is 33.8 Å². The summed E-state index contributed by atoms with van der Waals surface area (Å²) in [5, 5.41) is 1.13. The highest BCUT2D eigenvalue weighted by Crippen LogP contribution is 2.21. The van der Waals surface area contributed by atoms with Crippen LogP contribution in [-0.2, 0) is 11.2 Å². The van der Waals surface area contributed by atoms with Gasteiger partial charge in [-0.2, -0.15) is 0 Å². The molecule has 0 aliphatic rings. The highest BCUT2D eigenvalue weighted by Gasteiger charge is 2.11. The van der Waals surface area contributed by atoms with Crippen molar-refractivity contribution in [3.63, 3.8) is 0 Å². The van der Waals surface area contributed by atoms with E-state index in [4.69, 9.17) is 28.9 Å². The van der Waals surface area contributed by atoms with Crippen LogP contribution < -0.4 is 5.73 Å². The van der Waals surface area contributed by atoms with Crippen molar-refractivity contribution in [2.45, 2.75) is 19.4 Å². The molecule has 1 aromatic rings. The molecule has 0 amide bonds. The van der Waals surface area contributed by atoms with E-state index in [1.54, 1.807) is 18.2 Å². The zero-order chi connectivity index (χ0) is 10.7. The SMILES string of the molecule is CC(=O)[C@H](N)Cc1ccc(Cl)cc1Cl. The van der Waals surface area contributed by atoms with Crippen LogP contribution >= 0.6 is 23.2 Å². The molecule has 0 aliphatic heterocycles. The minimum Gasteiger partial charge on any atom is -0.321 e. The van der Waals surface area contributed by atoms with Gasteiger partial charge in [0.15, 0.2) is 0 Å². The molecule has 1 aromatic carbocycles. The summed E-state index contributed by atoms with van der Waals surface area (Å²) in [6, 6.07) is 4.67. The van der Waals surface area contributed by atoms with Crippen molar-refractivity contribution in [1.82, 2.24) is 0 Å². The summed E-state index contributed by atoms with van der Waals surface area (Å²) >= 11 is 11.7. The number of hydrogen-bond acceptors (Lipinski definition) is 2. The summed E-state index contributed by atoms with van der Waals surface area (Å²) in [4.78, 5) is 10.9. The summed E-state index contributed by atoms with van der Waals surface area (Å²) < 4.78 is 0. The van der Waals surface area contributed by atoms with E-state index in [1.165, 1.54) is 6.92 Å². The summed E-state index contributed by atoms with van der Waals surface area (Å²) in [7, 11) is 0. The van der Waals surface area contributed by atoms with Gasteiger partial charge in [-0.1, -0.05) is 29.3 Å². The molecule has 14 heavy (non-hydrogen) atoms. The van der Waals surface area contributed by atoms with Crippen molar-refractivity contribution < 1.29 is 4.79 Å². The summed E-state index contributed by atoms with van der Waals surface area (Å²) in [5.41, 5.74) is 6.46. The molecular weight excluding hydrogens is 221 g/mol. The number of benzene rings is 1. The smallest absolute Gasteiger partial charge is 0.146 e. The Balaban J connectivity index is 2.82. The number of carbonyl (C=O) groups is 1. The minimum absolute atomic E-state index is 0.0454. The molecule has 76 valence electrons. The molecule has 0 bridgehead atoms. The molecule has 0 aliphatic carbocycles. The van der Waals surface area contributed by atoms with Gasteiger partial charge in [0.2, 0.25) is 0 Å². The first-order chi connectivity index (χ1) is 6.50. The summed E-state index contributed by atoms with van der Waals surface area (Å²) in [5.74, 6) is -0.0454. The number of rotatable bonds is 3. The van der Waals surface area contributed by atoms with Crippen LogP contribution in [0.1, 0.15) is 12.5 Å². The molecule has 0 fully saturated rings. The van der Waals surface area contributed by atoms with Crippen LogP contribution in [0.2, 0.25) is 10.0 Å². The molecule has 0 heterocycles. The molecule has 2 nitrogen and oxygen atoms in total. The first-order valence-corrected chi connectivity index (χ1v) is 4.96. The maximum Gasteiger partial charge on any atom is 0.146 e. The fourth-order valence-corrected chi connectivity index (χ4v) is 1.55. The Hall–Kier alpha value is -0.570. The van der Waals surface area contributed by atoms with E-state index in [9.17, 15) is 4.79 Å². The minimum atomic E-state index is -0.492. The van der Waals surface area contributed by atoms with Gasteiger partial charge in [-0.15, -0.1) is 0 Å². The fourth-order valence-electron chi connectivity index (χ4n) is 1.07. The van der Waals surface area contributed by atoms with E-state index in [1.807, 2.05) is 0 Å². The van der Waals surface area contributed by atoms with Crippen LogP contribution in [0.25, 0.3) is 0 Å². The topological polar surface area (TPSA) is 43.1 Å². The maximum absolute atomic E-state index is 10.9. The largest absolute Gasteiger partial charge is 0.321 e.